The second-order valence-corrected chi connectivity index (χ2v) is 4.92. The smallest absolute Gasteiger partial charge is 0.262 e. The zero-order valence-electron chi connectivity index (χ0n) is 10.5. The first-order valence-corrected chi connectivity index (χ1v) is 6.55. The Hall–Kier alpha value is -1.59. The summed E-state index contributed by atoms with van der Waals surface area (Å²) in [5.41, 5.74) is 0.475. The van der Waals surface area contributed by atoms with Gasteiger partial charge in [-0.05, 0) is 36.7 Å². The van der Waals surface area contributed by atoms with E-state index in [4.69, 9.17) is 16.3 Å². The lowest BCUT2D eigenvalue weighted by Crippen LogP contribution is -2.27. The van der Waals surface area contributed by atoms with Crippen molar-refractivity contribution in [3.8, 4) is 5.75 Å². The topological polar surface area (TPSA) is 56.1 Å². The van der Waals surface area contributed by atoms with Crippen LogP contribution in [0.4, 0.5) is 0 Å². The summed E-state index contributed by atoms with van der Waals surface area (Å²) in [5.74, 6) is 0.663. The van der Waals surface area contributed by atoms with E-state index in [2.05, 4.69) is 10.3 Å². The number of hydrogen-bond donors (Lipinski definition) is 1. The Balaban J connectivity index is 2.22. The van der Waals surface area contributed by atoms with E-state index in [1.165, 1.54) is 0 Å². The molecule has 1 aromatic heterocycles. The van der Waals surface area contributed by atoms with Gasteiger partial charge >= 0.3 is 0 Å². The van der Waals surface area contributed by atoms with E-state index in [-0.39, 0.29) is 16.9 Å². The molecular weight excluding hydrogens is 266 g/mol. The first-order chi connectivity index (χ1) is 9.20. The first kappa shape index (κ1) is 12.4. The van der Waals surface area contributed by atoms with E-state index < -0.39 is 0 Å². The second kappa shape index (κ2) is 4.83. The third-order valence-electron chi connectivity index (χ3n) is 3.47. The van der Waals surface area contributed by atoms with Gasteiger partial charge in [0.25, 0.3) is 5.56 Å². The molecule has 0 saturated carbocycles. The third kappa shape index (κ3) is 2.09. The lowest BCUT2D eigenvalue weighted by Gasteiger charge is -2.15. The first-order valence-electron chi connectivity index (χ1n) is 6.17. The van der Waals surface area contributed by atoms with Crippen molar-refractivity contribution in [1.82, 2.24) is 14.9 Å². The highest BCUT2D eigenvalue weighted by molar-refractivity contribution is 6.28. The normalized spacial score (nSPS) is 18.9. The Labute approximate surface area is 115 Å². The number of aromatic nitrogens is 2. The molecular formula is C13H14ClN3O2. The van der Waals surface area contributed by atoms with Gasteiger partial charge in [-0.25, -0.2) is 4.98 Å². The van der Waals surface area contributed by atoms with Crippen LogP contribution < -0.4 is 15.6 Å². The zero-order valence-corrected chi connectivity index (χ0v) is 11.3. The molecule has 1 saturated heterocycles. The number of rotatable bonds is 2. The van der Waals surface area contributed by atoms with E-state index in [0.717, 1.165) is 19.5 Å². The molecule has 0 amide bonds. The number of methoxy groups -OCH3 is 1. The maximum atomic E-state index is 12.5. The fourth-order valence-electron chi connectivity index (χ4n) is 2.45. The molecule has 6 heteroatoms. The maximum Gasteiger partial charge on any atom is 0.262 e. The van der Waals surface area contributed by atoms with Crippen LogP contribution in [0.1, 0.15) is 12.5 Å². The molecule has 1 aromatic carbocycles. The summed E-state index contributed by atoms with van der Waals surface area (Å²) in [6, 6.07) is 5.30. The van der Waals surface area contributed by atoms with E-state index in [0.29, 0.717) is 16.7 Å². The minimum atomic E-state index is -0.0913. The SMILES string of the molecule is COc1ccc2c(=O)n(C3CCNC3)c(Cl)nc2c1. The molecule has 5 nitrogen and oxygen atoms in total. The van der Waals surface area contributed by atoms with Crippen molar-refractivity contribution in [3.05, 3.63) is 33.8 Å². The Kier molecular flexibility index (Phi) is 3.16. The van der Waals surface area contributed by atoms with Crippen molar-refractivity contribution in [2.45, 2.75) is 12.5 Å². The summed E-state index contributed by atoms with van der Waals surface area (Å²) in [5, 5.41) is 4.03. The molecule has 2 heterocycles. The second-order valence-electron chi connectivity index (χ2n) is 4.59. The average Bonchev–Trinajstić information content (AvgIpc) is 2.91. The van der Waals surface area contributed by atoms with E-state index in [1.807, 2.05) is 0 Å². The van der Waals surface area contributed by atoms with E-state index in [1.54, 1.807) is 29.9 Å². The molecule has 1 fully saturated rings. The molecule has 1 N–H and O–H groups in total. The number of halogens is 1. The summed E-state index contributed by atoms with van der Waals surface area (Å²) < 4.78 is 6.71. The minimum Gasteiger partial charge on any atom is -0.497 e. The molecule has 0 aliphatic carbocycles. The Bertz CT molecular complexity index is 677. The lowest BCUT2D eigenvalue weighted by molar-refractivity contribution is 0.415. The van der Waals surface area contributed by atoms with Crippen molar-refractivity contribution in [1.29, 1.82) is 0 Å². The summed E-state index contributed by atoms with van der Waals surface area (Å²) in [6.45, 7) is 1.65. The number of nitrogens with one attached hydrogen (secondary N) is 1. The van der Waals surface area contributed by atoms with Gasteiger partial charge in [0.2, 0.25) is 5.28 Å². The monoisotopic (exact) mass is 279 g/mol. The van der Waals surface area contributed by atoms with Crippen molar-refractivity contribution in [2.24, 2.45) is 0 Å². The predicted octanol–water partition coefficient (Wildman–Crippen LogP) is 1.59. The highest BCUT2D eigenvalue weighted by Crippen LogP contribution is 2.22. The van der Waals surface area contributed by atoms with E-state index in [9.17, 15) is 4.79 Å². The fourth-order valence-corrected chi connectivity index (χ4v) is 2.76. The quantitative estimate of drug-likeness (QED) is 0.849. The number of hydrogen-bond acceptors (Lipinski definition) is 4. The minimum absolute atomic E-state index is 0.0824. The molecule has 3 rings (SSSR count). The summed E-state index contributed by atoms with van der Waals surface area (Å²) in [6.07, 6.45) is 0.892. The van der Waals surface area contributed by atoms with Gasteiger partial charge in [0.15, 0.2) is 0 Å². The van der Waals surface area contributed by atoms with Crippen LogP contribution in [-0.2, 0) is 0 Å². The molecule has 1 aliphatic heterocycles. The Morgan fingerprint density at radius 2 is 2.37 bits per heavy atom. The number of ether oxygens (including phenoxy) is 1. The Morgan fingerprint density at radius 1 is 1.53 bits per heavy atom. The van der Waals surface area contributed by atoms with Gasteiger partial charge in [0, 0.05) is 12.6 Å². The lowest BCUT2D eigenvalue weighted by atomic mass is 10.2. The molecule has 1 unspecified atom stereocenters. The van der Waals surface area contributed by atoms with Crippen LogP contribution in [-0.4, -0.2) is 29.8 Å². The number of fused-ring (bicyclic) bond motifs is 1. The van der Waals surface area contributed by atoms with Crippen LogP contribution in [0.3, 0.4) is 0 Å². The third-order valence-corrected chi connectivity index (χ3v) is 3.73. The van der Waals surface area contributed by atoms with Gasteiger partial charge in [0.05, 0.1) is 24.1 Å². The van der Waals surface area contributed by atoms with Gasteiger partial charge in [-0.1, -0.05) is 0 Å². The van der Waals surface area contributed by atoms with Gasteiger partial charge in [-0.3, -0.25) is 9.36 Å². The van der Waals surface area contributed by atoms with Crippen molar-refractivity contribution < 1.29 is 4.74 Å². The van der Waals surface area contributed by atoms with Crippen LogP contribution in [0.25, 0.3) is 10.9 Å². The van der Waals surface area contributed by atoms with Crippen molar-refractivity contribution >= 4 is 22.5 Å². The summed E-state index contributed by atoms with van der Waals surface area (Å²) in [4.78, 5) is 16.8. The van der Waals surface area contributed by atoms with Gasteiger partial charge < -0.3 is 10.1 Å². The van der Waals surface area contributed by atoms with Crippen LogP contribution in [0.15, 0.2) is 23.0 Å². The molecule has 0 bridgehead atoms. The van der Waals surface area contributed by atoms with Crippen LogP contribution in [0, 0.1) is 0 Å². The highest BCUT2D eigenvalue weighted by Gasteiger charge is 2.21. The van der Waals surface area contributed by atoms with Crippen LogP contribution in [0.5, 0.6) is 5.75 Å². The molecule has 100 valence electrons. The van der Waals surface area contributed by atoms with Crippen molar-refractivity contribution in [3.63, 3.8) is 0 Å². The maximum absolute atomic E-state index is 12.5. The molecule has 1 atom stereocenters. The summed E-state index contributed by atoms with van der Waals surface area (Å²) in [7, 11) is 1.58. The number of benzene rings is 1. The van der Waals surface area contributed by atoms with Crippen molar-refractivity contribution in [2.75, 3.05) is 20.2 Å². The summed E-state index contributed by atoms with van der Waals surface area (Å²) >= 11 is 6.17. The molecule has 19 heavy (non-hydrogen) atoms. The number of nitrogens with zero attached hydrogens (tertiary/aromatic N) is 2. The molecule has 0 spiro atoms. The predicted molar refractivity (Wildman–Crippen MR) is 74.1 cm³/mol. The standard InChI is InChI=1S/C13H14ClN3O2/c1-19-9-2-3-10-11(6-9)16-13(14)17(12(10)18)8-4-5-15-7-8/h2-3,6,8,15H,4-5,7H2,1H3. The molecule has 0 radical (unpaired) electrons. The Morgan fingerprint density at radius 3 is 3.05 bits per heavy atom. The zero-order chi connectivity index (χ0) is 13.4. The highest BCUT2D eigenvalue weighted by atomic mass is 35.5. The largest absolute Gasteiger partial charge is 0.497 e. The van der Waals surface area contributed by atoms with Gasteiger partial charge in [-0.2, -0.15) is 0 Å². The van der Waals surface area contributed by atoms with Gasteiger partial charge in [0.1, 0.15) is 5.75 Å². The van der Waals surface area contributed by atoms with E-state index >= 15 is 0 Å². The van der Waals surface area contributed by atoms with Crippen LogP contribution >= 0.6 is 11.6 Å². The fraction of sp³-hybridized carbons (Fsp3) is 0.385. The molecule has 2 aromatic rings. The van der Waals surface area contributed by atoms with Gasteiger partial charge in [-0.15, -0.1) is 0 Å². The van der Waals surface area contributed by atoms with Crippen LogP contribution in [0.2, 0.25) is 5.28 Å². The average molecular weight is 280 g/mol. The molecule has 1 aliphatic rings.